The van der Waals surface area contributed by atoms with E-state index in [2.05, 4.69) is 23.0 Å². The van der Waals surface area contributed by atoms with E-state index in [-0.39, 0.29) is 35.6 Å². The number of ether oxygens (including phenoxy) is 1. The summed E-state index contributed by atoms with van der Waals surface area (Å²) in [7, 11) is 5.08. The summed E-state index contributed by atoms with van der Waals surface area (Å²) in [4.78, 5) is 47.2. The number of carboxylic acid groups (broad SMARTS) is 1. The maximum absolute atomic E-state index is 13.6. The number of phenols is 2. The second-order valence-electron chi connectivity index (χ2n) is 11.7. The fourth-order valence-corrected chi connectivity index (χ4v) is 5.44. The van der Waals surface area contributed by atoms with Crippen molar-refractivity contribution in [3.05, 3.63) is 77.6 Å². The molecule has 1 fully saturated rings. The average molecular weight is 678 g/mol. The molecule has 16 heteroatoms. The first-order valence-corrected chi connectivity index (χ1v) is 14.8. The first-order valence-electron chi connectivity index (χ1n) is 14.8. The molecule has 0 bridgehead atoms. The van der Waals surface area contributed by atoms with Crippen LogP contribution in [0, 0.1) is 0 Å². The van der Waals surface area contributed by atoms with Crippen LogP contribution in [0.4, 0.5) is 23.7 Å². The molecule has 1 aliphatic rings. The number of hydrogen-bond donors (Lipinski definition) is 5. The molecule has 0 spiro atoms. The molecule has 3 atom stereocenters. The number of methoxy groups -OCH3 is 1. The van der Waals surface area contributed by atoms with E-state index in [1.165, 1.54) is 29.9 Å². The average Bonchev–Trinajstić information content (AvgIpc) is 3.36. The number of likely N-dealkylation sites (tertiary alicyclic amines) is 1. The van der Waals surface area contributed by atoms with E-state index in [4.69, 9.17) is 14.6 Å². The van der Waals surface area contributed by atoms with E-state index in [9.17, 15) is 37.8 Å². The molecule has 1 aromatic heterocycles. The Balaban J connectivity index is 0.000000804. The van der Waals surface area contributed by atoms with Gasteiger partial charge in [0, 0.05) is 25.2 Å². The van der Waals surface area contributed by atoms with Crippen LogP contribution in [-0.4, -0.2) is 88.6 Å². The predicted molar refractivity (Wildman–Crippen MR) is 164 cm³/mol. The number of amides is 3. The highest BCUT2D eigenvalue weighted by molar-refractivity contribution is 5.96. The van der Waals surface area contributed by atoms with Crippen LogP contribution in [-0.2, 0) is 34.3 Å². The van der Waals surface area contributed by atoms with Crippen molar-refractivity contribution >= 4 is 29.6 Å². The van der Waals surface area contributed by atoms with Gasteiger partial charge in [0.25, 0.3) is 0 Å². The number of carboxylic acids is 1. The van der Waals surface area contributed by atoms with Gasteiger partial charge in [0.05, 0.1) is 39.0 Å². The first-order chi connectivity index (χ1) is 22.5. The summed E-state index contributed by atoms with van der Waals surface area (Å²) in [5.41, 5.74) is 2.44. The number of benzene rings is 2. The Morgan fingerprint density at radius 3 is 2.33 bits per heavy atom. The van der Waals surface area contributed by atoms with Gasteiger partial charge in [-0.1, -0.05) is 24.3 Å². The zero-order valence-corrected chi connectivity index (χ0v) is 26.5. The number of rotatable bonds is 9. The molecule has 13 nitrogen and oxygen atoms in total. The Bertz CT molecular complexity index is 1600. The van der Waals surface area contributed by atoms with Crippen LogP contribution in [0.2, 0.25) is 0 Å². The predicted octanol–water partition coefficient (Wildman–Crippen LogP) is 2.18. The van der Waals surface area contributed by atoms with Gasteiger partial charge in [-0.15, -0.1) is 0 Å². The topological polar surface area (TPSA) is 182 Å². The van der Waals surface area contributed by atoms with Crippen LogP contribution in [0.15, 0.2) is 60.8 Å². The summed E-state index contributed by atoms with van der Waals surface area (Å²) in [6, 6.07) is 13.6. The lowest BCUT2D eigenvalue weighted by molar-refractivity contribution is -0.927. The van der Waals surface area contributed by atoms with Gasteiger partial charge in [-0.05, 0) is 48.7 Å². The molecule has 1 saturated heterocycles. The highest BCUT2D eigenvalue weighted by Gasteiger charge is 2.34. The standard InChI is InChI=1S/C30H37N5O6.C2HF3O2/c1-34-17-23(16-27(34)29(39)41-3)32-30(40)33-26(15-20-9-11-24(36)12-10-20)28(38)31-22-7-5-13-35(2,19-22)18-21-6-4-8-25(37)14-21;3-2(4,5)1(6)7/h4,6,8-12,14,16-17,22,26H,5,7,13,15,18-19H2,1-3H3,(H4-,31,32,33,36,37,38,40);(H,6,7)/t22-,26-,35?;/m0./s1. The minimum Gasteiger partial charge on any atom is -0.542 e. The van der Waals surface area contributed by atoms with Gasteiger partial charge in [-0.2, -0.15) is 13.2 Å². The van der Waals surface area contributed by atoms with Gasteiger partial charge < -0.3 is 49.9 Å². The number of hydrogen-bond acceptors (Lipinski definition) is 8. The highest BCUT2D eigenvalue weighted by atomic mass is 19.4. The SMILES string of the molecule is COC(=O)c1cc(NC(=O)N[C@@H](Cc2ccc(O)cc2)C(=O)N[C@H]2CCC[N+](C)(Cc3cccc(O)c3)C2)cn1C.O=C([O-])C(F)(F)F. The fraction of sp³-hybridized carbons (Fsp3) is 0.375. The summed E-state index contributed by atoms with van der Waals surface area (Å²) in [6.45, 7) is 2.38. The molecule has 3 amide bonds. The minimum atomic E-state index is -5.19. The summed E-state index contributed by atoms with van der Waals surface area (Å²) in [6.07, 6.45) is -1.66. The number of likely N-dealkylation sites (N-methyl/N-ethyl adjacent to an activating group) is 1. The van der Waals surface area contributed by atoms with Crippen LogP contribution in [0.5, 0.6) is 11.5 Å². The third-order valence-electron chi connectivity index (χ3n) is 7.62. The number of nitrogens with zero attached hydrogens (tertiary/aromatic N) is 2. The number of piperidine rings is 1. The van der Waals surface area contributed by atoms with Crippen molar-refractivity contribution in [2.75, 3.05) is 32.6 Å². The Kier molecular flexibility index (Phi) is 12.4. The second kappa shape index (κ2) is 16.0. The van der Waals surface area contributed by atoms with Gasteiger partial charge in [-0.3, -0.25) is 4.79 Å². The Morgan fingerprint density at radius 1 is 1.06 bits per heavy atom. The lowest BCUT2D eigenvalue weighted by Crippen LogP contribution is -2.59. The van der Waals surface area contributed by atoms with E-state index in [0.29, 0.717) is 16.7 Å². The third-order valence-corrected chi connectivity index (χ3v) is 7.62. The molecule has 48 heavy (non-hydrogen) atoms. The number of aliphatic carboxylic acids is 1. The highest BCUT2D eigenvalue weighted by Crippen LogP contribution is 2.23. The molecule has 3 aromatic rings. The van der Waals surface area contributed by atoms with Crippen LogP contribution >= 0.6 is 0 Å². The summed E-state index contributed by atoms with van der Waals surface area (Å²) >= 11 is 0. The number of nitrogens with one attached hydrogen (secondary N) is 3. The van der Waals surface area contributed by atoms with Crippen LogP contribution in [0.3, 0.4) is 0 Å². The molecule has 0 saturated carbocycles. The Labute approximate surface area is 274 Å². The number of phenolic OH excluding ortho intramolecular Hbond substituents is 2. The molecule has 1 aliphatic heterocycles. The molecule has 1 unspecified atom stereocenters. The van der Waals surface area contributed by atoms with Crippen molar-refractivity contribution in [2.24, 2.45) is 7.05 Å². The molecule has 4 rings (SSSR count). The summed E-state index contributed by atoms with van der Waals surface area (Å²) in [5.74, 6) is -3.52. The maximum atomic E-state index is 13.6. The number of anilines is 1. The van der Waals surface area contributed by atoms with E-state index in [1.807, 2.05) is 12.1 Å². The van der Waals surface area contributed by atoms with Crippen LogP contribution < -0.4 is 21.1 Å². The van der Waals surface area contributed by atoms with Crippen molar-refractivity contribution in [3.63, 3.8) is 0 Å². The van der Waals surface area contributed by atoms with Crippen molar-refractivity contribution in [3.8, 4) is 11.5 Å². The fourth-order valence-electron chi connectivity index (χ4n) is 5.44. The quantitative estimate of drug-likeness (QED) is 0.169. The van der Waals surface area contributed by atoms with Crippen molar-refractivity contribution in [2.45, 2.75) is 44.1 Å². The lowest BCUT2D eigenvalue weighted by Gasteiger charge is -2.42. The number of urea groups is 1. The van der Waals surface area contributed by atoms with E-state index >= 15 is 0 Å². The van der Waals surface area contributed by atoms with Gasteiger partial charge in [0.1, 0.15) is 35.7 Å². The molecule has 2 aromatic carbocycles. The smallest absolute Gasteiger partial charge is 0.430 e. The zero-order valence-electron chi connectivity index (χ0n) is 26.5. The molecular weight excluding hydrogens is 639 g/mol. The number of alkyl halides is 3. The molecular formula is C32H38F3N5O8. The first kappa shape index (κ1) is 37.2. The summed E-state index contributed by atoms with van der Waals surface area (Å²) in [5, 5.41) is 36.9. The van der Waals surface area contributed by atoms with Gasteiger partial charge in [0.15, 0.2) is 0 Å². The van der Waals surface area contributed by atoms with Crippen molar-refractivity contribution in [1.29, 1.82) is 0 Å². The molecule has 260 valence electrons. The second-order valence-corrected chi connectivity index (χ2v) is 11.7. The number of quaternary nitrogens is 1. The largest absolute Gasteiger partial charge is 0.542 e. The number of aromatic nitrogens is 1. The third kappa shape index (κ3) is 11.2. The number of aryl methyl sites for hydroxylation is 1. The molecule has 2 heterocycles. The number of carbonyl (C=O) groups excluding carboxylic acids is 4. The van der Waals surface area contributed by atoms with Gasteiger partial charge in [-0.25, -0.2) is 9.59 Å². The lowest BCUT2D eigenvalue weighted by atomic mass is 10.00. The molecule has 0 aliphatic carbocycles. The molecule has 5 N–H and O–H groups in total. The minimum absolute atomic E-state index is 0.0949. The summed E-state index contributed by atoms with van der Waals surface area (Å²) < 4.78 is 38.6. The van der Waals surface area contributed by atoms with Gasteiger partial charge >= 0.3 is 18.2 Å². The van der Waals surface area contributed by atoms with E-state index < -0.39 is 30.2 Å². The number of esters is 1. The normalized spacial score (nSPS) is 18.0. The maximum Gasteiger partial charge on any atom is 0.430 e. The Morgan fingerprint density at radius 2 is 1.73 bits per heavy atom. The Hall–Kier alpha value is -5.25. The number of carbonyl (C=O) groups is 4. The van der Waals surface area contributed by atoms with E-state index in [1.54, 1.807) is 37.5 Å². The van der Waals surface area contributed by atoms with Crippen LogP contribution in [0.25, 0.3) is 0 Å². The monoisotopic (exact) mass is 677 g/mol. The number of halogens is 3. The van der Waals surface area contributed by atoms with Crippen molar-refractivity contribution in [1.82, 2.24) is 15.2 Å². The van der Waals surface area contributed by atoms with Crippen LogP contribution in [0.1, 0.15) is 34.5 Å². The number of aromatic hydroxyl groups is 2. The molecule has 0 radical (unpaired) electrons. The van der Waals surface area contributed by atoms with Crippen molar-refractivity contribution < 1.29 is 56.9 Å². The zero-order chi connectivity index (χ0) is 35.6. The van der Waals surface area contributed by atoms with E-state index in [0.717, 1.165) is 37.1 Å². The van der Waals surface area contributed by atoms with Gasteiger partial charge in [0.2, 0.25) is 5.91 Å².